The maximum atomic E-state index is 12.3. The first-order valence-corrected chi connectivity index (χ1v) is 5.65. The van der Waals surface area contributed by atoms with Gasteiger partial charge in [0.25, 0.3) is 5.91 Å². The van der Waals surface area contributed by atoms with Crippen LogP contribution >= 0.6 is 0 Å². The van der Waals surface area contributed by atoms with Gasteiger partial charge >= 0.3 is 0 Å². The molecular weight excluding hydrogens is 232 g/mol. The highest BCUT2D eigenvalue weighted by atomic mass is 16.5. The Morgan fingerprint density at radius 1 is 1.50 bits per heavy atom. The Morgan fingerprint density at radius 2 is 2.28 bits per heavy atom. The molecule has 0 atom stereocenters. The van der Waals surface area contributed by atoms with Gasteiger partial charge in [-0.15, -0.1) is 0 Å². The molecule has 0 saturated carbocycles. The fourth-order valence-corrected chi connectivity index (χ4v) is 1.75. The summed E-state index contributed by atoms with van der Waals surface area (Å²) in [4.78, 5) is 13.9. The summed E-state index contributed by atoms with van der Waals surface area (Å²) in [6.07, 6.45) is 1.41. The highest BCUT2D eigenvalue weighted by Gasteiger charge is 2.20. The van der Waals surface area contributed by atoms with Crippen LogP contribution in [0.1, 0.15) is 23.0 Å². The van der Waals surface area contributed by atoms with Crippen molar-refractivity contribution >= 4 is 11.6 Å². The number of hydrogen-bond acceptors (Lipinski definition) is 4. The van der Waals surface area contributed by atoms with Gasteiger partial charge in [-0.25, -0.2) is 0 Å². The molecule has 0 fully saturated rings. The second-order valence-electron chi connectivity index (χ2n) is 3.86. The van der Waals surface area contributed by atoms with Gasteiger partial charge in [0.15, 0.2) is 0 Å². The van der Waals surface area contributed by atoms with Gasteiger partial charge in [-0.1, -0.05) is 11.2 Å². The van der Waals surface area contributed by atoms with Crippen LogP contribution in [-0.2, 0) is 0 Å². The monoisotopic (exact) mass is 246 g/mol. The van der Waals surface area contributed by atoms with E-state index in [1.54, 1.807) is 36.1 Å². The Hall–Kier alpha value is -2.30. The van der Waals surface area contributed by atoms with Gasteiger partial charge < -0.3 is 14.5 Å². The lowest BCUT2D eigenvalue weighted by molar-refractivity contribution is 0.0987. The largest absolute Gasteiger partial charge is 0.508 e. The van der Waals surface area contributed by atoms with E-state index >= 15 is 0 Å². The molecule has 0 aliphatic rings. The number of hydrogen-bond donors (Lipinski definition) is 1. The summed E-state index contributed by atoms with van der Waals surface area (Å²) >= 11 is 0. The quantitative estimate of drug-likeness (QED) is 0.902. The highest BCUT2D eigenvalue weighted by Crippen LogP contribution is 2.22. The van der Waals surface area contributed by atoms with Crippen LogP contribution in [0.15, 0.2) is 35.0 Å². The van der Waals surface area contributed by atoms with Crippen molar-refractivity contribution in [1.82, 2.24) is 5.16 Å². The van der Waals surface area contributed by atoms with Crippen LogP contribution in [0.25, 0.3) is 0 Å². The van der Waals surface area contributed by atoms with Crippen LogP contribution in [0.5, 0.6) is 5.75 Å². The third kappa shape index (κ3) is 2.20. The predicted octanol–water partition coefficient (Wildman–Crippen LogP) is 2.36. The second-order valence-corrected chi connectivity index (χ2v) is 3.86. The normalized spacial score (nSPS) is 10.3. The molecule has 0 unspecified atom stereocenters. The molecule has 0 aliphatic carbocycles. The molecule has 0 spiro atoms. The molecule has 0 aliphatic heterocycles. The SMILES string of the molecule is CCN(C(=O)c1cnoc1C)c1cccc(O)c1. The van der Waals surface area contributed by atoms with Crippen molar-refractivity contribution in [3.8, 4) is 5.75 Å². The van der Waals surface area contributed by atoms with E-state index in [-0.39, 0.29) is 11.7 Å². The Morgan fingerprint density at radius 3 is 2.83 bits per heavy atom. The van der Waals surface area contributed by atoms with E-state index < -0.39 is 0 Å². The smallest absolute Gasteiger partial charge is 0.263 e. The predicted molar refractivity (Wildman–Crippen MR) is 66.7 cm³/mol. The number of aromatic nitrogens is 1. The van der Waals surface area contributed by atoms with Crippen molar-refractivity contribution in [2.45, 2.75) is 13.8 Å². The maximum absolute atomic E-state index is 12.3. The topological polar surface area (TPSA) is 66.6 Å². The first-order valence-electron chi connectivity index (χ1n) is 5.65. The van der Waals surface area contributed by atoms with E-state index in [4.69, 9.17) is 4.52 Å². The number of carbonyl (C=O) groups is 1. The maximum Gasteiger partial charge on any atom is 0.263 e. The number of nitrogens with zero attached hydrogens (tertiary/aromatic N) is 2. The molecule has 18 heavy (non-hydrogen) atoms. The molecule has 5 nitrogen and oxygen atoms in total. The van der Waals surface area contributed by atoms with Crippen molar-refractivity contribution in [2.75, 3.05) is 11.4 Å². The zero-order valence-electron chi connectivity index (χ0n) is 10.3. The van der Waals surface area contributed by atoms with E-state index in [2.05, 4.69) is 5.16 Å². The van der Waals surface area contributed by atoms with Crippen molar-refractivity contribution < 1.29 is 14.4 Å². The molecule has 5 heteroatoms. The molecule has 1 aromatic carbocycles. The van der Waals surface area contributed by atoms with Gasteiger partial charge in [0.2, 0.25) is 0 Å². The summed E-state index contributed by atoms with van der Waals surface area (Å²) in [5, 5.41) is 13.1. The van der Waals surface area contributed by atoms with E-state index in [0.29, 0.717) is 23.6 Å². The van der Waals surface area contributed by atoms with Gasteiger partial charge in [0.05, 0.1) is 6.20 Å². The average Bonchev–Trinajstić information content (AvgIpc) is 2.76. The minimum absolute atomic E-state index is 0.126. The third-order valence-corrected chi connectivity index (χ3v) is 2.68. The van der Waals surface area contributed by atoms with Crippen molar-refractivity contribution in [2.24, 2.45) is 0 Å². The Bertz CT molecular complexity index is 563. The van der Waals surface area contributed by atoms with E-state index in [1.165, 1.54) is 6.20 Å². The minimum Gasteiger partial charge on any atom is -0.508 e. The summed E-state index contributed by atoms with van der Waals surface area (Å²) < 4.78 is 4.89. The molecule has 0 bridgehead atoms. The highest BCUT2D eigenvalue weighted by molar-refractivity contribution is 6.06. The van der Waals surface area contributed by atoms with Gasteiger partial charge in [-0.2, -0.15) is 0 Å². The van der Waals surface area contributed by atoms with E-state index in [9.17, 15) is 9.90 Å². The molecule has 0 radical (unpaired) electrons. The number of aryl methyl sites for hydroxylation is 1. The molecule has 2 aromatic rings. The zero-order valence-corrected chi connectivity index (χ0v) is 10.3. The molecule has 1 N–H and O–H groups in total. The number of amides is 1. The van der Waals surface area contributed by atoms with E-state index in [0.717, 1.165) is 0 Å². The summed E-state index contributed by atoms with van der Waals surface area (Å²) in [6.45, 7) is 4.05. The van der Waals surface area contributed by atoms with Crippen LogP contribution in [-0.4, -0.2) is 22.7 Å². The molecule has 0 saturated heterocycles. The fourth-order valence-electron chi connectivity index (χ4n) is 1.75. The van der Waals surface area contributed by atoms with Gasteiger partial charge in [-0.05, 0) is 26.0 Å². The average molecular weight is 246 g/mol. The van der Waals surface area contributed by atoms with E-state index in [1.807, 2.05) is 6.92 Å². The number of aromatic hydroxyl groups is 1. The number of anilines is 1. The van der Waals surface area contributed by atoms with Gasteiger partial charge in [-0.3, -0.25) is 4.79 Å². The zero-order chi connectivity index (χ0) is 13.1. The molecule has 1 amide bonds. The van der Waals surface area contributed by atoms with Crippen LogP contribution in [0.3, 0.4) is 0 Å². The molecule has 94 valence electrons. The number of rotatable bonds is 3. The lowest BCUT2D eigenvalue weighted by Gasteiger charge is -2.20. The number of benzene rings is 1. The van der Waals surface area contributed by atoms with Crippen LogP contribution in [0.2, 0.25) is 0 Å². The molecule has 2 rings (SSSR count). The second kappa shape index (κ2) is 4.91. The van der Waals surface area contributed by atoms with Crippen LogP contribution in [0, 0.1) is 6.92 Å². The summed E-state index contributed by atoms with van der Waals surface area (Å²) in [5.41, 5.74) is 1.07. The third-order valence-electron chi connectivity index (χ3n) is 2.68. The Labute approximate surface area is 105 Å². The lowest BCUT2D eigenvalue weighted by Crippen LogP contribution is -2.30. The minimum atomic E-state index is -0.193. The number of phenolic OH excluding ortho intramolecular Hbond substituents is 1. The fraction of sp³-hybridized carbons (Fsp3) is 0.231. The van der Waals surface area contributed by atoms with Crippen molar-refractivity contribution in [3.05, 3.63) is 41.8 Å². The molecular formula is C13H14N2O3. The standard InChI is InChI=1S/C13H14N2O3/c1-3-15(10-5-4-6-11(16)7-10)13(17)12-8-14-18-9(12)2/h4-8,16H,3H2,1-2H3. The van der Waals surface area contributed by atoms with Crippen molar-refractivity contribution in [3.63, 3.8) is 0 Å². The Kier molecular flexibility index (Phi) is 3.32. The summed E-state index contributed by atoms with van der Waals surface area (Å²) in [7, 11) is 0. The van der Waals surface area contributed by atoms with Gasteiger partial charge in [0.1, 0.15) is 17.1 Å². The number of phenols is 1. The molecule has 1 aromatic heterocycles. The number of carbonyl (C=O) groups excluding carboxylic acids is 1. The van der Waals surface area contributed by atoms with Crippen molar-refractivity contribution in [1.29, 1.82) is 0 Å². The molecule has 1 heterocycles. The Balaban J connectivity index is 2.35. The van der Waals surface area contributed by atoms with Gasteiger partial charge in [0, 0.05) is 18.3 Å². The summed E-state index contributed by atoms with van der Waals surface area (Å²) in [6, 6.07) is 6.57. The van der Waals surface area contributed by atoms with Crippen LogP contribution < -0.4 is 4.90 Å². The first-order chi connectivity index (χ1) is 8.63. The lowest BCUT2D eigenvalue weighted by atomic mass is 10.2. The van der Waals surface area contributed by atoms with Crippen LogP contribution in [0.4, 0.5) is 5.69 Å². The summed E-state index contributed by atoms with van der Waals surface area (Å²) in [5.74, 6) is 0.418. The first kappa shape index (κ1) is 12.2.